The smallest absolute Gasteiger partial charge is 0.268 e. The average Bonchev–Trinajstić information content (AvgIpc) is 3.17. The number of aromatic nitrogens is 1. The fourth-order valence-electron chi connectivity index (χ4n) is 3.52. The van der Waals surface area contributed by atoms with Gasteiger partial charge in [0.1, 0.15) is 17.5 Å². The number of rotatable bonds is 8. The number of carbonyl (C=O) groups excluding carboxylic acids is 4. The lowest BCUT2D eigenvalue weighted by Gasteiger charge is -2.25. The summed E-state index contributed by atoms with van der Waals surface area (Å²) < 4.78 is 5.27. The third kappa shape index (κ3) is 4.88. The highest BCUT2D eigenvalue weighted by atomic mass is 16.5. The van der Waals surface area contributed by atoms with E-state index in [0.717, 1.165) is 17.3 Å². The van der Waals surface area contributed by atoms with Crippen LogP contribution in [0.1, 0.15) is 29.8 Å². The van der Waals surface area contributed by atoms with E-state index in [1.54, 1.807) is 24.3 Å². The molecule has 0 bridgehead atoms. The molecule has 1 fully saturated rings. The molecule has 1 aromatic carbocycles. The molecule has 0 unspecified atom stereocenters. The number of primary amides is 1. The Morgan fingerprint density at radius 1 is 1.33 bits per heavy atom. The van der Waals surface area contributed by atoms with Gasteiger partial charge in [0.25, 0.3) is 5.91 Å². The third-order valence-electron chi connectivity index (χ3n) is 5.10. The molecule has 2 atom stereocenters. The Balaban J connectivity index is 1.56. The SMILES string of the molecule is COc1cccc2[nH]c(C(=O)NCC(=O)N[C@@H](C[C@@H]3CCCNC3=O)C(N)=O)cc12. The molecule has 1 aromatic heterocycles. The third-order valence-corrected chi connectivity index (χ3v) is 5.10. The molecule has 2 heterocycles. The van der Waals surface area contributed by atoms with Crippen molar-refractivity contribution in [1.82, 2.24) is 20.9 Å². The number of nitrogens with two attached hydrogens (primary N) is 1. The minimum Gasteiger partial charge on any atom is -0.496 e. The molecule has 4 amide bonds. The summed E-state index contributed by atoms with van der Waals surface area (Å²) in [5.74, 6) is -1.69. The van der Waals surface area contributed by atoms with Crippen LogP contribution in [0.15, 0.2) is 24.3 Å². The van der Waals surface area contributed by atoms with Crippen molar-refractivity contribution in [3.63, 3.8) is 0 Å². The monoisotopic (exact) mass is 415 g/mol. The zero-order valence-corrected chi connectivity index (χ0v) is 16.6. The molecule has 1 saturated heterocycles. The summed E-state index contributed by atoms with van der Waals surface area (Å²) in [6, 6.07) is 6.03. The van der Waals surface area contributed by atoms with Crippen LogP contribution in [0.2, 0.25) is 0 Å². The lowest BCUT2D eigenvalue weighted by atomic mass is 9.91. The van der Waals surface area contributed by atoms with Gasteiger partial charge in [-0.1, -0.05) is 6.07 Å². The van der Waals surface area contributed by atoms with E-state index in [9.17, 15) is 19.2 Å². The molecule has 0 radical (unpaired) electrons. The molecule has 6 N–H and O–H groups in total. The van der Waals surface area contributed by atoms with Crippen molar-refractivity contribution >= 4 is 34.5 Å². The van der Waals surface area contributed by atoms with Crippen molar-refractivity contribution in [2.45, 2.75) is 25.3 Å². The Kier molecular flexibility index (Phi) is 6.55. The van der Waals surface area contributed by atoms with E-state index in [-0.39, 0.29) is 30.5 Å². The quantitative estimate of drug-likeness (QED) is 0.403. The van der Waals surface area contributed by atoms with Crippen molar-refractivity contribution < 1.29 is 23.9 Å². The number of nitrogens with one attached hydrogen (secondary N) is 4. The van der Waals surface area contributed by atoms with Gasteiger partial charge in [-0.05, 0) is 37.5 Å². The highest BCUT2D eigenvalue weighted by molar-refractivity contribution is 6.01. The number of carbonyl (C=O) groups is 4. The molecule has 30 heavy (non-hydrogen) atoms. The Morgan fingerprint density at radius 3 is 2.83 bits per heavy atom. The first-order valence-electron chi connectivity index (χ1n) is 9.69. The van der Waals surface area contributed by atoms with Crippen LogP contribution in [0.5, 0.6) is 5.75 Å². The second kappa shape index (κ2) is 9.29. The highest BCUT2D eigenvalue weighted by Gasteiger charge is 2.29. The van der Waals surface area contributed by atoms with Gasteiger partial charge in [0.15, 0.2) is 0 Å². The number of aromatic amines is 1. The zero-order valence-electron chi connectivity index (χ0n) is 16.6. The standard InChI is InChI=1S/C20H25N5O5/c1-30-16-6-2-5-13-12(16)9-15(24-13)20(29)23-10-17(26)25-14(18(21)27)8-11-4-3-7-22-19(11)28/h2,5-6,9,11,14,24H,3-4,7-8,10H2,1H3,(H2,21,27)(H,22,28)(H,23,29)(H,25,26)/t11-,14-/m0/s1. The topological polar surface area (TPSA) is 155 Å². The van der Waals surface area contributed by atoms with Crippen LogP contribution in [0.3, 0.4) is 0 Å². The number of amides is 4. The van der Waals surface area contributed by atoms with Gasteiger partial charge in [0.05, 0.1) is 13.7 Å². The fraction of sp³-hybridized carbons (Fsp3) is 0.400. The van der Waals surface area contributed by atoms with Gasteiger partial charge in [-0.25, -0.2) is 0 Å². The number of benzene rings is 1. The van der Waals surface area contributed by atoms with Gasteiger partial charge in [0, 0.05) is 23.4 Å². The van der Waals surface area contributed by atoms with Gasteiger partial charge in [-0.2, -0.15) is 0 Å². The zero-order chi connectivity index (χ0) is 21.7. The van der Waals surface area contributed by atoms with E-state index in [2.05, 4.69) is 20.9 Å². The maximum Gasteiger partial charge on any atom is 0.268 e. The average molecular weight is 415 g/mol. The largest absolute Gasteiger partial charge is 0.496 e. The van der Waals surface area contributed by atoms with Gasteiger partial charge in [-0.15, -0.1) is 0 Å². The van der Waals surface area contributed by atoms with E-state index in [1.807, 2.05) is 0 Å². The highest BCUT2D eigenvalue weighted by Crippen LogP contribution is 2.25. The first-order valence-corrected chi connectivity index (χ1v) is 9.69. The molecule has 1 aliphatic rings. The Labute approximate surface area is 172 Å². The summed E-state index contributed by atoms with van der Waals surface area (Å²) in [6.07, 6.45) is 1.57. The summed E-state index contributed by atoms with van der Waals surface area (Å²) in [4.78, 5) is 51.2. The van der Waals surface area contributed by atoms with Crippen molar-refractivity contribution in [1.29, 1.82) is 0 Å². The summed E-state index contributed by atoms with van der Waals surface area (Å²) >= 11 is 0. The lowest BCUT2D eigenvalue weighted by molar-refractivity contribution is -0.130. The second-order valence-electron chi connectivity index (χ2n) is 7.18. The van der Waals surface area contributed by atoms with E-state index >= 15 is 0 Å². The van der Waals surface area contributed by atoms with Crippen LogP contribution in [0, 0.1) is 5.92 Å². The van der Waals surface area contributed by atoms with Gasteiger partial charge in [-0.3, -0.25) is 19.2 Å². The number of ether oxygens (including phenoxy) is 1. The molecule has 0 saturated carbocycles. The molecule has 1 aliphatic heterocycles. The molecule has 2 aromatic rings. The lowest BCUT2D eigenvalue weighted by Crippen LogP contribution is -2.50. The van der Waals surface area contributed by atoms with E-state index in [0.29, 0.717) is 18.7 Å². The Bertz CT molecular complexity index is 970. The maximum absolute atomic E-state index is 12.4. The molecular formula is C20H25N5O5. The number of H-pyrrole nitrogens is 1. The molecule has 0 aliphatic carbocycles. The van der Waals surface area contributed by atoms with Crippen molar-refractivity contribution in [2.24, 2.45) is 11.7 Å². The second-order valence-corrected chi connectivity index (χ2v) is 7.18. The number of hydrogen-bond donors (Lipinski definition) is 5. The molecule has 10 nitrogen and oxygen atoms in total. The van der Waals surface area contributed by atoms with Crippen LogP contribution in [-0.4, -0.2) is 54.9 Å². The van der Waals surface area contributed by atoms with E-state index < -0.39 is 23.8 Å². The first kappa shape index (κ1) is 21.2. The van der Waals surface area contributed by atoms with Gasteiger partial charge >= 0.3 is 0 Å². The number of piperidine rings is 1. The number of methoxy groups -OCH3 is 1. The van der Waals surface area contributed by atoms with Crippen LogP contribution >= 0.6 is 0 Å². The van der Waals surface area contributed by atoms with Crippen LogP contribution in [0.25, 0.3) is 10.9 Å². The van der Waals surface area contributed by atoms with Crippen molar-refractivity contribution in [3.05, 3.63) is 30.0 Å². The predicted octanol–water partition coefficient (Wildman–Crippen LogP) is -0.207. The predicted molar refractivity (Wildman–Crippen MR) is 109 cm³/mol. The van der Waals surface area contributed by atoms with Gasteiger partial charge < -0.3 is 31.4 Å². The van der Waals surface area contributed by atoms with E-state index in [1.165, 1.54) is 7.11 Å². The summed E-state index contributed by atoms with van der Waals surface area (Å²) in [5.41, 5.74) is 6.37. The van der Waals surface area contributed by atoms with Crippen LogP contribution < -0.4 is 26.4 Å². The fourth-order valence-corrected chi connectivity index (χ4v) is 3.52. The number of hydrogen-bond acceptors (Lipinski definition) is 5. The summed E-state index contributed by atoms with van der Waals surface area (Å²) in [6.45, 7) is 0.264. The molecule has 160 valence electrons. The molecule has 0 spiro atoms. The molecule has 3 rings (SSSR count). The first-order chi connectivity index (χ1) is 14.4. The molecular weight excluding hydrogens is 390 g/mol. The van der Waals surface area contributed by atoms with Crippen molar-refractivity contribution in [2.75, 3.05) is 20.2 Å². The molecule has 10 heteroatoms. The van der Waals surface area contributed by atoms with Crippen LogP contribution in [-0.2, 0) is 14.4 Å². The van der Waals surface area contributed by atoms with Crippen molar-refractivity contribution in [3.8, 4) is 5.75 Å². The minimum absolute atomic E-state index is 0.128. The Morgan fingerprint density at radius 2 is 2.13 bits per heavy atom. The van der Waals surface area contributed by atoms with E-state index in [4.69, 9.17) is 10.5 Å². The summed E-state index contributed by atoms with van der Waals surface area (Å²) in [5, 5.41) is 8.48. The van der Waals surface area contributed by atoms with Crippen LogP contribution in [0.4, 0.5) is 0 Å². The normalized spacial score (nSPS) is 17.1. The Hall–Kier alpha value is -3.56. The number of fused-ring (bicyclic) bond motifs is 1. The van der Waals surface area contributed by atoms with Gasteiger partial charge in [0.2, 0.25) is 17.7 Å². The summed E-state index contributed by atoms with van der Waals surface area (Å²) in [7, 11) is 1.54. The minimum atomic E-state index is -0.986. The maximum atomic E-state index is 12.4.